The summed E-state index contributed by atoms with van der Waals surface area (Å²) in [5.74, 6) is -2.83. The Morgan fingerprint density at radius 2 is 1.73 bits per heavy atom. The Bertz CT molecular complexity index is 1290. The van der Waals surface area contributed by atoms with Crippen molar-refractivity contribution in [2.24, 2.45) is 0 Å². The first-order chi connectivity index (χ1) is 17.7. The molecule has 3 aromatic rings. The van der Waals surface area contributed by atoms with Gasteiger partial charge >= 0.3 is 5.97 Å². The molecule has 5 N–H and O–H groups in total. The number of aromatic hydroxyl groups is 1. The van der Waals surface area contributed by atoms with Gasteiger partial charge in [0, 0.05) is 35.9 Å². The van der Waals surface area contributed by atoms with Crippen LogP contribution in [0.15, 0.2) is 71.9 Å². The van der Waals surface area contributed by atoms with Gasteiger partial charge in [0.15, 0.2) is 0 Å². The minimum Gasteiger partial charge on any atom is -0.508 e. The standard InChI is InChI=1S/C25H23ClN4O6S/c26-20-11-16(23(33)29-12-15-2-1-3-17(31)10-15)4-5-19(20)24(34)30-21(25(35)36)13-28-22(32)14-37-18-6-8-27-9-7-18/h1-11,21,31H,12-14H2,(H,28,32)(H,29,33)(H,30,34)(H,35,36)/t21-/m0/s1. The Labute approximate surface area is 221 Å². The van der Waals surface area contributed by atoms with Gasteiger partial charge in [-0.05, 0) is 48.0 Å². The van der Waals surface area contributed by atoms with E-state index in [0.29, 0.717) is 5.56 Å². The fourth-order valence-corrected chi connectivity index (χ4v) is 4.06. The van der Waals surface area contributed by atoms with Gasteiger partial charge in [-0.3, -0.25) is 19.4 Å². The van der Waals surface area contributed by atoms with Gasteiger partial charge in [0.1, 0.15) is 11.8 Å². The monoisotopic (exact) mass is 542 g/mol. The van der Waals surface area contributed by atoms with E-state index in [0.717, 1.165) is 4.90 Å². The molecule has 1 aromatic heterocycles. The second kappa shape index (κ2) is 13.3. The number of carboxylic acids is 1. The number of phenols is 1. The molecule has 0 aliphatic carbocycles. The number of hydrogen-bond donors (Lipinski definition) is 5. The van der Waals surface area contributed by atoms with Crippen LogP contribution in [0.4, 0.5) is 0 Å². The maximum Gasteiger partial charge on any atom is 0.328 e. The maximum atomic E-state index is 12.7. The Kier molecular flexibility index (Phi) is 9.87. The van der Waals surface area contributed by atoms with Crippen LogP contribution >= 0.6 is 23.4 Å². The first-order valence-electron chi connectivity index (χ1n) is 10.9. The summed E-state index contributed by atoms with van der Waals surface area (Å²) in [5, 5.41) is 26.4. The molecule has 0 fully saturated rings. The minimum atomic E-state index is -1.40. The van der Waals surface area contributed by atoms with Crippen LogP contribution in [-0.2, 0) is 16.1 Å². The quantitative estimate of drug-likeness (QED) is 0.231. The molecule has 3 amide bonds. The van der Waals surface area contributed by atoms with Crippen LogP contribution in [0.1, 0.15) is 26.3 Å². The van der Waals surface area contributed by atoms with E-state index in [1.165, 1.54) is 42.1 Å². The number of phenolic OH excluding ortho intramolecular Hbond substituents is 1. The molecule has 192 valence electrons. The molecule has 10 nitrogen and oxygen atoms in total. The van der Waals surface area contributed by atoms with Gasteiger partial charge in [-0.2, -0.15) is 0 Å². The van der Waals surface area contributed by atoms with Crippen LogP contribution in [0.3, 0.4) is 0 Å². The van der Waals surface area contributed by atoms with Gasteiger partial charge in [-0.15, -0.1) is 11.8 Å². The van der Waals surface area contributed by atoms with Crippen LogP contribution in [-0.4, -0.2) is 57.2 Å². The summed E-state index contributed by atoms with van der Waals surface area (Å²) in [6.45, 7) is -0.163. The summed E-state index contributed by atoms with van der Waals surface area (Å²) >= 11 is 7.46. The van der Waals surface area contributed by atoms with Crippen molar-refractivity contribution in [1.82, 2.24) is 20.9 Å². The Balaban J connectivity index is 1.54. The molecular weight excluding hydrogens is 520 g/mol. The first-order valence-corrected chi connectivity index (χ1v) is 12.3. The highest BCUT2D eigenvalue weighted by Gasteiger charge is 2.23. The van der Waals surface area contributed by atoms with Crippen LogP contribution in [0.5, 0.6) is 5.75 Å². The molecule has 0 radical (unpaired) electrons. The van der Waals surface area contributed by atoms with Gasteiger partial charge in [-0.25, -0.2) is 4.79 Å². The number of pyridine rings is 1. The van der Waals surface area contributed by atoms with Crippen molar-refractivity contribution in [3.8, 4) is 5.75 Å². The fraction of sp³-hybridized carbons (Fsp3) is 0.160. The normalized spacial score (nSPS) is 11.3. The van der Waals surface area contributed by atoms with Crippen molar-refractivity contribution in [2.75, 3.05) is 12.3 Å². The summed E-state index contributed by atoms with van der Waals surface area (Å²) < 4.78 is 0. The molecule has 1 heterocycles. The zero-order valence-electron chi connectivity index (χ0n) is 19.3. The average Bonchev–Trinajstić information content (AvgIpc) is 2.88. The molecule has 37 heavy (non-hydrogen) atoms. The number of amides is 3. The average molecular weight is 543 g/mol. The predicted octanol–water partition coefficient (Wildman–Crippen LogP) is 2.46. The van der Waals surface area contributed by atoms with Crippen LogP contribution < -0.4 is 16.0 Å². The number of rotatable bonds is 11. The second-order valence-corrected chi connectivity index (χ2v) is 9.14. The smallest absolute Gasteiger partial charge is 0.328 e. The van der Waals surface area contributed by atoms with E-state index >= 15 is 0 Å². The van der Waals surface area contributed by atoms with E-state index in [4.69, 9.17) is 11.6 Å². The molecule has 1 atom stereocenters. The summed E-state index contributed by atoms with van der Waals surface area (Å²) in [5.41, 5.74) is 0.852. The molecule has 0 bridgehead atoms. The Hall–Kier alpha value is -4.09. The summed E-state index contributed by atoms with van der Waals surface area (Å²) in [4.78, 5) is 53.5. The molecule has 0 saturated carbocycles. The molecule has 2 aromatic carbocycles. The first kappa shape index (κ1) is 27.5. The number of benzene rings is 2. The van der Waals surface area contributed by atoms with E-state index in [9.17, 15) is 29.4 Å². The minimum absolute atomic E-state index is 0.0305. The Morgan fingerprint density at radius 1 is 0.973 bits per heavy atom. The lowest BCUT2D eigenvalue weighted by Crippen LogP contribution is -2.48. The van der Waals surface area contributed by atoms with Crippen molar-refractivity contribution < 1.29 is 29.4 Å². The van der Waals surface area contributed by atoms with E-state index in [1.54, 1.807) is 36.7 Å². The number of carbonyl (C=O) groups excluding carboxylic acids is 3. The molecule has 0 saturated heterocycles. The highest BCUT2D eigenvalue weighted by molar-refractivity contribution is 8.00. The fourth-order valence-electron chi connectivity index (χ4n) is 3.08. The summed E-state index contributed by atoms with van der Waals surface area (Å²) in [6.07, 6.45) is 3.19. The topological polar surface area (TPSA) is 158 Å². The van der Waals surface area contributed by atoms with Gasteiger partial charge < -0.3 is 26.2 Å². The van der Waals surface area contributed by atoms with Crippen molar-refractivity contribution in [3.63, 3.8) is 0 Å². The number of halogens is 1. The van der Waals surface area contributed by atoms with Crippen molar-refractivity contribution >= 4 is 47.1 Å². The lowest BCUT2D eigenvalue weighted by Gasteiger charge is -2.16. The van der Waals surface area contributed by atoms with E-state index in [1.807, 2.05) is 0 Å². The van der Waals surface area contributed by atoms with Crippen LogP contribution in [0.2, 0.25) is 5.02 Å². The van der Waals surface area contributed by atoms with Gasteiger partial charge in [0.2, 0.25) is 5.91 Å². The van der Waals surface area contributed by atoms with E-state index < -0.39 is 29.7 Å². The second-order valence-electron chi connectivity index (χ2n) is 7.69. The third-order valence-corrected chi connectivity index (χ3v) is 6.29. The number of aromatic nitrogens is 1. The van der Waals surface area contributed by atoms with Crippen molar-refractivity contribution in [1.29, 1.82) is 0 Å². The van der Waals surface area contributed by atoms with E-state index in [2.05, 4.69) is 20.9 Å². The van der Waals surface area contributed by atoms with E-state index in [-0.39, 0.29) is 40.7 Å². The van der Waals surface area contributed by atoms with Crippen molar-refractivity contribution in [3.05, 3.63) is 88.7 Å². The zero-order valence-corrected chi connectivity index (χ0v) is 20.9. The SMILES string of the molecule is O=C(CSc1ccncc1)NC[C@H](NC(=O)c1ccc(C(=O)NCc2cccc(O)c2)cc1Cl)C(=O)O. The van der Waals surface area contributed by atoms with Crippen LogP contribution in [0.25, 0.3) is 0 Å². The number of thioether (sulfide) groups is 1. The maximum absolute atomic E-state index is 12.7. The molecule has 3 rings (SSSR count). The molecule has 0 spiro atoms. The summed E-state index contributed by atoms with van der Waals surface area (Å²) in [6, 6.07) is 12.5. The lowest BCUT2D eigenvalue weighted by molar-refractivity contribution is -0.139. The van der Waals surface area contributed by atoms with Gasteiger partial charge in [0.05, 0.1) is 16.3 Å². The summed E-state index contributed by atoms with van der Waals surface area (Å²) in [7, 11) is 0. The van der Waals surface area contributed by atoms with Gasteiger partial charge in [-0.1, -0.05) is 23.7 Å². The number of hydrogen-bond acceptors (Lipinski definition) is 7. The number of nitrogens with one attached hydrogen (secondary N) is 3. The molecule has 0 unspecified atom stereocenters. The third-order valence-electron chi connectivity index (χ3n) is 4.97. The number of aliphatic carboxylic acids is 1. The highest BCUT2D eigenvalue weighted by Crippen LogP contribution is 2.19. The zero-order chi connectivity index (χ0) is 26.8. The van der Waals surface area contributed by atoms with Gasteiger partial charge in [0.25, 0.3) is 11.8 Å². The molecular formula is C25H23ClN4O6S. The van der Waals surface area contributed by atoms with Crippen molar-refractivity contribution in [2.45, 2.75) is 17.5 Å². The number of carbonyl (C=O) groups is 4. The third kappa shape index (κ3) is 8.51. The lowest BCUT2D eigenvalue weighted by atomic mass is 10.1. The number of carboxylic acid groups (broad SMARTS) is 1. The number of nitrogens with zero attached hydrogens (tertiary/aromatic N) is 1. The molecule has 0 aliphatic heterocycles. The Morgan fingerprint density at radius 3 is 2.41 bits per heavy atom. The molecule has 0 aliphatic rings. The molecule has 12 heteroatoms. The largest absolute Gasteiger partial charge is 0.508 e. The highest BCUT2D eigenvalue weighted by atomic mass is 35.5. The predicted molar refractivity (Wildman–Crippen MR) is 138 cm³/mol. The van der Waals surface area contributed by atoms with Crippen LogP contribution in [0, 0.1) is 0 Å².